The molecule has 1 aliphatic heterocycles. The number of anilines is 1. The van der Waals surface area contributed by atoms with Crippen LogP contribution in [0.2, 0.25) is 0 Å². The minimum Gasteiger partial charge on any atom is -0.496 e. The molecule has 1 aromatic carbocycles. The van der Waals surface area contributed by atoms with Crippen molar-refractivity contribution in [1.82, 2.24) is 14.5 Å². The van der Waals surface area contributed by atoms with E-state index in [9.17, 15) is 14.9 Å². The predicted molar refractivity (Wildman–Crippen MR) is 131 cm³/mol. The number of benzene rings is 1. The number of ether oxygens (including phenoxy) is 2. The van der Waals surface area contributed by atoms with Crippen LogP contribution >= 0.6 is 11.3 Å². The first kappa shape index (κ1) is 24.3. The molecule has 3 aromatic rings. The predicted octanol–water partition coefficient (Wildman–Crippen LogP) is 3.90. The van der Waals surface area contributed by atoms with Gasteiger partial charge >= 0.3 is 6.09 Å². The summed E-state index contributed by atoms with van der Waals surface area (Å²) in [4.78, 5) is 31.7. The van der Waals surface area contributed by atoms with Crippen LogP contribution in [-0.4, -0.2) is 46.7 Å². The van der Waals surface area contributed by atoms with Gasteiger partial charge < -0.3 is 24.3 Å². The molecule has 2 aromatic heterocycles. The molecule has 0 saturated carbocycles. The maximum absolute atomic E-state index is 12.7. The molecular formula is C25H27N5O4S. The lowest BCUT2D eigenvalue weighted by Gasteiger charge is -2.26. The first-order valence-electron chi connectivity index (χ1n) is 11.3. The summed E-state index contributed by atoms with van der Waals surface area (Å²) in [5, 5.41) is 13.2. The zero-order valence-corrected chi connectivity index (χ0v) is 20.6. The zero-order valence-electron chi connectivity index (χ0n) is 19.7. The molecule has 3 heterocycles. The van der Waals surface area contributed by atoms with Crippen LogP contribution in [0.1, 0.15) is 33.6 Å². The molecule has 182 valence electrons. The van der Waals surface area contributed by atoms with E-state index < -0.39 is 0 Å². The molecule has 0 atom stereocenters. The quantitative estimate of drug-likeness (QED) is 0.510. The van der Waals surface area contributed by atoms with Gasteiger partial charge in [0.25, 0.3) is 0 Å². The topological polar surface area (TPSA) is 109 Å². The lowest BCUT2D eigenvalue weighted by Crippen LogP contribution is -2.36. The molecule has 0 radical (unpaired) electrons. The SMILES string of the molecule is COc1ccc(C)cc1CCC(=O)Nc1sc2c(c1C#N)CCN(C(=O)OCCn1ccnc1)C2. The van der Waals surface area contributed by atoms with Crippen LogP contribution in [0.4, 0.5) is 9.80 Å². The molecule has 0 spiro atoms. The Bertz CT molecular complexity index is 1250. The minimum absolute atomic E-state index is 0.167. The Balaban J connectivity index is 1.35. The third kappa shape index (κ3) is 5.81. The number of hydrogen-bond acceptors (Lipinski definition) is 7. The number of rotatable bonds is 8. The molecule has 10 heteroatoms. The molecule has 35 heavy (non-hydrogen) atoms. The van der Waals surface area contributed by atoms with Gasteiger partial charge in [-0.2, -0.15) is 5.26 Å². The first-order chi connectivity index (χ1) is 17.0. The lowest BCUT2D eigenvalue weighted by atomic mass is 10.0. The summed E-state index contributed by atoms with van der Waals surface area (Å²) < 4.78 is 12.6. The van der Waals surface area contributed by atoms with Crippen molar-refractivity contribution < 1.29 is 19.1 Å². The Labute approximate surface area is 207 Å². The van der Waals surface area contributed by atoms with Crippen LogP contribution in [0.3, 0.4) is 0 Å². The van der Waals surface area contributed by atoms with Gasteiger partial charge in [-0.1, -0.05) is 17.7 Å². The number of imidazole rings is 1. The van der Waals surface area contributed by atoms with E-state index in [0.29, 0.717) is 43.0 Å². The Morgan fingerprint density at radius 3 is 2.94 bits per heavy atom. The van der Waals surface area contributed by atoms with Crippen LogP contribution in [0, 0.1) is 18.3 Å². The van der Waals surface area contributed by atoms with Crippen molar-refractivity contribution in [2.24, 2.45) is 0 Å². The number of methoxy groups -OCH3 is 1. The number of fused-ring (bicyclic) bond motifs is 1. The highest BCUT2D eigenvalue weighted by Crippen LogP contribution is 2.37. The molecular weight excluding hydrogens is 466 g/mol. The summed E-state index contributed by atoms with van der Waals surface area (Å²) in [6.07, 6.45) is 6.10. The molecule has 2 amide bonds. The summed E-state index contributed by atoms with van der Waals surface area (Å²) in [7, 11) is 1.61. The van der Waals surface area contributed by atoms with E-state index >= 15 is 0 Å². The second kappa shape index (κ2) is 11.1. The average molecular weight is 494 g/mol. The molecule has 4 rings (SSSR count). The van der Waals surface area contributed by atoms with Crippen molar-refractivity contribution in [2.45, 2.75) is 39.3 Å². The van der Waals surface area contributed by atoms with Crippen LogP contribution < -0.4 is 10.1 Å². The van der Waals surface area contributed by atoms with Gasteiger partial charge in [0, 0.05) is 30.2 Å². The van der Waals surface area contributed by atoms with Gasteiger partial charge in [-0.15, -0.1) is 11.3 Å². The lowest BCUT2D eigenvalue weighted by molar-refractivity contribution is -0.116. The highest BCUT2D eigenvalue weighted by atomic mass is 32.1. The molecule has 9 nitrogen and oxygen atoms in total. The number of hydrogen-bond donors (Lipinski definition) is 1. The van der Waals surface area contributed by atoms with Crippen molar-refractivity contribution >= 4 is 28.3 Å². The fourth-order valence-electron chi connectivity index (χ4n) is 4.05. The second-order valence-corrected chi connectivity index (χ2v) is 9.37. The van der Waals surface area contributed by atoms with Crippen molar-refractivity contribution in [1.29, 1.82) is 5.26 Å². The third-order valence-electron chi connectivity index (χ3n) is 5.87. The van der Waals surface area contributed by atoms with Crippen molar-refractivity contribution in [3.8, 4) is 11.8 Å². The molecule has 0 bridgehead atoms. The first-order valence-corrected chi connectivity index (χ1v) is 12.2. The highest BCUT2D eigenvalue weighted by Gasteiger charge is 2.28. The van der Waals surface area contributed by atoms with Gasteiger partial charge in [0.05, 0.1) is 32.1 Å². The number of aromatic nitrogens is 2. The van der Waals surface area contributed by atoms with Gasteiger partial charge in [-0.25, -0.2) is 9.78 Å². The number of carbonyl (C=O) groups is 2. The van der Waals surface area contributed by atoms with Crippen molar-refractivity contribution in [2.75, 3.05) is 25.6 Å². The van der Waals surface area contributed by atoms with Crippen LogP contribution in [0.15, 0.2) is 36.9 Å². The molecule has 0 fully saturated rings. The van der Waals surface area contributed by atoms with Crippen molar-refractivity contribution in [3.05, 3.63) is 64.1 Å². The maximum atomic E-state index is 12.7. The van der Waals surface area contributed by atoms with E-state index in [-0.39, 0.29) is 25.0 Å². The smallest absolute Gasteiger partial charge is 0.410 e. The Hall–Kier alpha value is -3.84. The average Bonchev–Trinajstić information content (AvgIpc) is 3.49. The Kier molecular flexibility index (Phi) is 7.67. The molecule has 1 aliphatic rings. The van der Waals surface area contributed by atoms with Gasteiger partial charge in [0.1, 0.15) is 23.4 Å². The molecule has 0 unspecified atom stereocenters. The fourth-order valence-corrected chi connectivity index (χ4v) is 5.28. The van der Waals surface area contributed by atoms with Crippen LogP contribution in [0.25, 0.3) is 0 Å². The number of nitriles is 1. The second-order valence-electron chi connectivity index (χ2n) is 8.27. The summed E-state index contributed by atoms with van der Waals surface area (Å²) in [5.41, 5.74) is 3.45. The fraction of sp³-hybridized carbons (Fsp3) is 0.360. The van der Waals surface area contributed by atoms with Gasteiger partial charge in [-0.3, -0.25) is 4.79 Å². The monoisotopic (exact) mass is 493 g/mol. The largest absolute Gasteiger partial charge is 0.496 e. The normalized spacial score (nSPS) is 12.5. The van der Waals surface area contributed by atoms with Gasteiger partial charge in [0.2, 0.25) is 5.91 Å². The van der Waals surface area contributed by atoms with Crippen molar-refractivity contribution in [3.63, 3.8) is 0 Å². The van der Waals surface area contributed by atoms with Gasteiger partial charge in [-0.05, 0) is 37.0 Å². The summed E-state index contributed by atoms with van der Waals surface area (Å²) in [6, 6.07) is 8.12. The van der Waals surface area contributed by atoms with E-state index in [2.05, 4.69) is 16.4 Å². The minimum atomic E-state index is -0.389. The number of aryl methyl sites for hydroxylation is 2. The van der Waals surface area contributed by atoms with Crippen LogP contribution in [0.5, 0.6) is 5.75 Å². The molecule has 1 N–H and O–H groups in total. The summed E-state index contributed by atoms with van der Waals surface area (Å²) in [6.45, 7) is 3.60. The number of amides is 2. The van der Waals surface area contributed by atoms with E-state index in [1.807, 2.05) is 35.9 Å². The zero-order chi connectivity index (χ0) is 24.8. The Morgan fingerprint density at radius 1 is 1.34 bits per heavy atom. The number of carbonyl (C=O) groups excluding carboxylic acids is 2. The molecule has 0 aliphatic carbocycles. The van der Waals surface area contributed by atoms with Gasteiger partial charge in [0.15, 0.2) is 0 Å². The van der Waals surface area contributed by atoms with E-state index in [1.54, 1.807) is 24.5 Å². The third-order valence-corrected chi connectivity index (χ3v) is 7.00. The maximum Gasteiger partial charge on any atom is 0.410 e. The number of nitrogens with zero attached hydrogens (tertiary/aromatic N) is 4. The van der Waals surface area contributed by atoms with E-state index in [0.717, 1.165) is 27.3 Å². The van der Waals surface area contributed by atoms with E-state index in [1.165, 1.54) is 11.3 Å². The Morgan fingerprint density at radius 2 is 2.20 bits per heavy atom. The standard InChI is InChI=1S/C25H27N5O4S/c1-17-3-5-21(33-2)18(13-17)4-6-23(31)28-24-20(14-26)19-7-9-30(15-22(19)35-24)25(32)34-12-11-29-10-8-27-16-29/h3,5,8,10,13,16H,4,6-7,9,11-12,15H2,1-2H3,(H,28,31). The highest BCUT2D eigenvalue weighted by molar-refractivity contribution is 7.16. The summed E-state index contributed by atoms with van der Waals surface area (Å²) >= 11 is 1.35. The number of thiophene rings is 1. The summed E-state index contributed by atoms with van der Waals surface area (Å²) in [5.74, 6) is 0.587. The molecule has 0 saturated heterocycles. The van der Waals surface area contributed by atoms with Crippen LogP contribution in [-0.2, 0) is 35.5 Å². The van der Waals surface area contributed by atoms with E-state index in [4.69, 9.17) is 9.47 Å². The number of nitrogens with one attached hydrogen (secondary N) is 1.